The molecule has 1 aliphatic rings. The average molecular weight is 314 g/mol. The number of hydrogen-bond acceptors (Lipinski definition) is 3. The van der Waals surface area contributed by atoms with Crippen LogP contribution in [0.2, 0.25) is 0 Å². The van der Waals surface area contributed by atoms with Gasteiger partial charge in [0.05, 0.1) is 0 Å². The van der Waals surface area contributed by atoms with E-state index in [9.17, 15) is 4.79 Å². The van der Waals surface area contributed by atoms with Crippen molar-refractivity contribution in [1.82, 2.24) is 10.2 Å². The molecule has 22 heavy (non-hydrogen) atoms. The van der Waals surface area contributed by atoms with Crippen molar-refractivity contribution in [1.29, 1.82) is 0 Å². The first kappa shape index (κ1) is 15.3. The molecule has 1 N–H and O–H groups in total. The van der Waals surface area contributed by atoms with Gasteiger partial charge >= 0.3 is 0 Å². The number of hydrogen-bond donors (Lipinski definition) is 1. The van der Waals surface area contributed by atoms with Gasteiger partial charge in [-0.3, -0.25) is 9.69 Å². The molecule has 0 fully saturated rings. The number of fused-ring (bicyclic) bond motifs is 1. The molecule has 4 heteroatoms. The third-order valence-electron chi connectivity index (χ3n) is 4.43. The summed E-state index contributed by atoms with van der Waals surface area (Å²) in [7, 11) is 0. The smallest absolute Gasteiger partial charge is 0.252 e. The van der Waals surface area contributed by atoms with Crippen molar-refractivity contribution < 1.29 is 4.79 Å². The highest BCUT2D eigenvalue weighted by molar-refractivity contribution is 7.08. The Morgan fingerprint density at radius 2 is 2.14 bits per heavy atom. The van der Waals surface area contributed by atoms with Gasteiger partial charge in [-0.25, -0.2) is 0 Å². The molecule has 1 amide bonds. The van der Waals surface area contributed by atoms with Gasteiger partial charge in [-0.1, -0.05) is 31.2 Å². The number of amides is 1. The lowest BCUT2D eigenvalue weighted by atomic mass is 9.98. The van der Waals surface area contributed by atoms with Gasteiger partial charge in [0.25, 0.3) is 5.91 Å². The molecule has 1 aliphatic heterocycles. The van der Waals surface area contributed by atoms with E-state index in [0.29, 0.717) is 12.6 Å². The largest absolute Gasteiger partial charge is 0.350 e. The summed E-state index contributed by atoms with van der Waals surface area (Å²) in [5.74, 6) is 0.0390. The third-order valence-corrected chi connectivity index (χ3v) is 5.11. The molecule has 0 spiro atoms. The van der Waals surface area contributed by atoms with Gasteiger partial charge in [0.2, 0.25) is 0 Å². The van der Waals surface area contributed by atoms with Gasteiger partial charge in [-0.2, -0.15) is 11.3 Å². The van der Waals surface area contributed by atoms with Crippen LogP contribution in [-0.4, -0.2) is 29.9 Å². The van der Waals surface area contributed by atoms with Crippen molar-refractivity contribution in [3.63, 3.8) is 0 Å². The van der Waals surface area contributed by atoms with E-state index in [1.165, 1.54) is 11.1 Å². The lowest BCUT2D eigenvalue weighted by Gasteiger charge is -2.35. The molecule has 2 aromatic rings. The highest BCUT2D eigenvalue weighted by atomic mass is 32.1. The first-order valence-corrected chi connectivity index (χ1v) is 8.83. The van der Waals surface area contributed by atoms with Gasteiger partial charge in [0.15, 0.2) is 0 Å². The SMILES string of the molecule is CCC(CNC(=O)c1ccsc1)N1CCc2ccccc2C1. The van der Waals surface area contributed by atoms with Crippen LogP contribution in [0.4, 0.5) is 0 Å². The fraction of sp³-hybridized carbons (Fsp3) is 0.389. The number of carbonyl (C=O) groups excluding carboxylic acids is 1. The molecule has 0 saturated heterocycles. The Balaban J connectivity index is 1.59. The topological polar surface area (TPSA) is 32.3 Å². The van der Waals surface area contributed by atoms with Crippen LogP contribution < -0.4 is 5.32 Å². The Morgan fingerprint density at radius 1 is 1.32 bits per heavy atom. The molecule has 1 aromatic carbocycles. The molecule has 2 heterocycles. The minimum absolute atomic E-state index is 0.0390. The van der Waals surface area contributed by atoms with Crippen LogP contribution >= 0.6 is 11.3 Å². The fourth-order valence-electron chi connectivity index (χ4n) is 3.07. The van der Waals surface area contributed by atoms with Crippen LogP contribution in [0.1, 0.15) is 34.8 Å². The van der Waals surface area contributed by atoms with E-state index >= 15 is 0 Å². The summed E-state index contributed by atoms with van der Waals surface area (Å²) in [5.41, 5.74) is 3.66. The number of nitrogens with zero attached hydrogens (tertiary/aromatic N) is 1. The summed E-state index contributed by atoms with van der Waals surface area (Å²) in [5, 5.41) is 6.92. The summed E-state index contributed by atoms with van der Waals surface area (Å²) in [4.78, 5) is 14.6. The Morgan fingerprint density at radius 3 is 2.86 bits per heavy atom. The normalized spacial score (nSPS) is 16.0. The monoisotopic (exact) mass is 314 g/mol. The lowest BCUT2D eigenvalue weighted by molar-refractivity contribution is 0.0926. The van der Waals surface area contributed by atoms with E-state index in [2.05, 4.69) is 41.4 Å². The zero-order valence-corrected chi connectivity index (χ0v) is 13.7. The molecule has 0 saturated carbocycles. The molecule has 3 rings (SSSR count). The molecular weight excluding hydrogens is 292 g/mol. The van der Waals surface area contributed by atoms with Crippen LogP contribution in [0.25, 0.3) is 0 Å². The Labute approximate surface area is 136 Å². The predicted octanol–water partition coefficient (Wildman–Crippen LogP) is 3.31. The molecule has 1 aromatic heterocycles. The van der Waals surface area contributed by atoms with Crippen LogP contribution in [0, 0.1) is 0 Å². The Kier molecular flexibility index (Phi) is 4.90. The molecular formula is C18H22N2OS. The van der Waals surface area contributed by atoms with Crippen molar-refractivity contribution in [2.45, 2.75) is 32.4 Å². The minimum Gasteiger partial charge on any atom is -0.350 e. The van der Waals surface area contributed by atoms with Gasteiger partial charge in [0.1, 0.15) is 0 Å². The highest BCUT2D eigenvalue weighted by Crippen LogP contribution is 2.21. The fourth-order valence-corrected chi connectivity index (χ4v) is 3.70. The number of nitrogens with one attached hydrogen (secondary N) is 1. The first-order chi connectivity index (χ1) is 10.8. The van der Waals surface area contributed by atoms with Crippen LogP contribution in [-0.2, 0) is 13.0 Å². The van der Waals surface area contributed by atoms with E-state index < -0.39 is 0 Å². The van der Waals surface area contributed by atoms with Crippen molar-refractivity contribution in [3.05, 3.63) is 57.8 Å². The van der Waals surface area contributed by atoms with E-state index in [-0.39, 0.29) is 5.91 Å². The highest BCUT2D eigenvalue weighted by Gasteiger charge is 2.22. The maximum absolute atomic E-state index is 12.1. The molecule has 0 bridgehead atoms. The third kappa shape index (κ3) is 3.39. The Hall–Kier alpha value is -1.65. The van der Waals surface area contributed by atoms with Crippen LogP contribution in [0.15, 0.2) is 41.1 Å². The second-order valence-electron chi connectivity index (χ2n) is 5.77. The lowest BCUT2D eigenvalue weighted by Crippen LogP contribution is -2.45. The summed E-state index contributed by atoms with van der Waals surface area (Å²) in [6.07, 6.45) is 2.15. The van der Waals surface area contributed by atoms with E-state index in [0.717, 1.165) is 31.5 Å². The zero-order valence-electron chi connectivity index (χ0n) is 12.9. The van der Waals surface area contributed by atoms with Gasteiger partial charge < -0.3 is 5.32 Å². The average Bonchev–Trinajstić information content (AvgIpc) is 3.09. The van der Waals surface area contributed by atoms with Gasteiger partial charge in [-0.15, -0.1) is 0 Å². The molecule has 0 radical (unpaired) electrons. The molecule has 116 valence electrons. The maximum Gasteiger partial charge on any atom is 0.252 e. The van der Waals surface area contributed by atoms with Crippen molar-refractivity contribution in [2.75, 3.05) is 13.1 Å². The summed E-state index contributed by atoms with van der Waals surface area (Å²) in [6.45, 7) is 4.97. The number of benzene rings is 1. The van der Waals surface area contributed by atoms with E-state index in [1.54, 1.807) is 11.3 Å². The maximum atomic E-state index is 12.1. The number of carbonyl (C=O) groups is 1. The standard InChI is InChI=1S/C18H22N2OS/c1-2-17(11-19-18(21)16-8-10-22-13-16)20-9-7-14-5-3-4-6-15(14)12-20/h3-6,8,10,13,17H,2,7,9,11-12H2,1H3,(H,19,21). The summed E-state index contributed by atoms with van der Waals surface area (Å²) >= 11 is 1.56. The molecule has 1 unspecified atom stereocenters. The van der Waals surface area contributed by atoms with Crippen molar-refractivity contribution >= 4 is 17.2 Å². The summed E-state index contributed by atoms with van der Waals surface area (Å²) in [6, 6.07) is 11.0. The van der Waals surface area contributed by atoms with Crippen molar-refractivity contribution in [3.8, 4) is 0 Å². The zero-order chi connectivity index (χ0) is 15.4. The number of thiophene rings is 1. The second kappa shape index (κ2) is 7.07. The molecule has 1 atom stereocenters. The molecule has 3 nitrogen and oxygen atoms in total. The summed E-state index contributed by atoms with van der Waals surface area (Å²) < 4.78 is 0. The van der Waals surface area contributed by atoms with Gasteiger partial charge in [-0.05, 0) is 35.4 Å². The van der Waals surface area contributed by atoms with Crippen LogP contribution in [0.5, 0.6) is 0 Å². The van der Waals surface area contributed by atoms with Crippen LogP contribution in [0.3, 0.4) is 0 Å². The first-order valence-electron chi connectivity index (χ1n) is 7.89. The number of rotatable bonds is 5. The van der Waals surface area contributed by atoms with Gasteiger partial charge in [0, 0.05) is 36.6 Å². The quantitative estimate of drug-likeness (QED) is 0.918. The van der Waals surface area contributed by atoms with Crippen molar-refractivity contribution in [2.24, 2.45) is 0 Å². The molecule has 0 aliphatic carbocycles. The minimum atomic E-state index is 0.0390. The predicted molar refractivity (Wildman–Crippen MR) is 91.3 cm³/mol. The second-order valence-corrected chi connectivity index (χ2v) is 6.55. The Bertz CT molecular complexity index is 624. The van der Waals surface area contributed by atoms with E-state index in [4.69, 9.17) is 0 Å². The van der Waals surface area contributed by atoms with E-state index in [1.807, 2.05) is 16.8 Å².